The number of hydrogen-bond donors (Lipinski definition) is 1. The molecule has 0 fully saturated rings. The van der Waals surface area contributed by atoms with E-state index in [0.717, 1.165) is 5.56 Å². The summed E-state index contributed by atoms with van der Waals surface area (Å²) in [6.07, 6.45) is 0.555. The van der Waals surface area contributed by atoms with E-state index < -0.39 is 5.97 Å². The van der Waals surface area contributed by atoms with Crippen molar-refractivity contribution in [3.05, 3.63) is 83.2 Å². The molecule has 0 aliphatic carbocycles. The molecule has 0 saturated heterocycles. The van der Waals surface area contributed by atoms with Crippen LogP contribution in [0.4, 0.5) is 10.2 Å². The molecule has 0 unspecified atom stereocenters. The van der Waals surface area contributed by atoms with Crippen LogP contribution in [0, 0.1) is 17.1 Å². The number of hydrogen-bond acceptors (Lipinski definition) is 5. The topological polar surface area (TPSA) is 75.0 Å². The van der Waals surface area contributed by atoms with Crippen LogP contribution in [0.1, 0.15) is 21.5 Å². The van der Waals surface area contributed by atoms with Crippen molar-refractivity contribution in [3.8, 4) is 17.3 Å². The fourth-order valence-corrected chi connectivity index (χ4v) is 2.84. The van der Waals surface area contributed by atoms with E-state index in [4.69, 9.17) is 4.74 Å². The number of anilines is 1. The second kappa shape index (κ2) is 8.78. The van der Waals surface area contributed by atoms with Crippen molar-refractivity contribution >= 4 is 11.8 Å². The monoisotopic (exact) mass is 375 g/mol. The number of nitriles is 1. The molecule has 1 aromatic heterocycles. The van der Waals surface area contributed by atoms with Crippen molar-refractivity contribution in [3.63, 3.8) is 0 Å². The summed E-state index contributed by atoms with van der Waals surface area (Å²) in [5.41, 5.74) is 2.86. The first-order chi connectivity index (χ1) is 13.6. The Labute approximate surface area is 162 Å². The van der Waals surface area contributed by atoms with Crippen LogP contribution in [0.3, 0.4) is 0 Å². The Morgan fingerprint density at radius 3 is 2.75 bits per heavy atom. The van der Waals surface area contributed by atoms with Gasteiger partial charge in [0.25, 0.3) is 0 Å². The first kappa shape index (κ1) is 19.1. The van der Waals surface area contributed by atoms with Crippen molar-refractivity contribution in [2.24, 2.45) is 0 Å². The molecule has 1 N–H and O–H groups in total. The van der Waals surface area contributed by atoms with Crippen molar-refractivity contribution in [2.45, 2.75) is 6.42 Å². The fraction of sp³-hybridized carbons (Fsp3) is 0.136. The summed E-state index contributed by atoms with van der Waals surface area (Å²) < 4.78 is 18.2. The number of ether oxygens (including phenoxy) is 1. The van der Waals surface area contributed by atoms with E-state index in [1.807, 2.05) is 12.1 Å². The lowest BCUT2D eigenvalue weighted by molar-refractivity contribution is 0.0601. The molecular weight excluding hydrogens is 357 g/mol. The van der Waals surface area contributed by atoms with Gasteiger partial charge in [0, 0.05) is 12.1 Å². The summed E-state index contributed by atoms with van der Waals surface area (Å²) in [5, 5.41) is 12.4. The van der Waals surface area contributed by atoms with Gasteiger partial charge in [0.2, 0.25) is 0 Å². The van der Waals surface area contributed by atoms with Gasteiger partial charge in [-0.25, -0.2) is 14.2 Å². The second-order valence-corrected chi connectivity index (χ2v) is 6.05. The number of esters is 1. The van der Waals surface area contributed by atoms with Gasteiger partial charge in [-0.05, 0) is 42.3 Å². The Kier molecular flexibility index (Phi) is 5.97. The number of rotatable bonds is 6. The minimum Gasteiger partial charge on any atom is -0.465 e. The van der Waals surface area contributed by atoms with E-state index >= 15 is 0 Å². The highest BCUT2D eigenvalue weighted by Gasteiger charge is 2.16. The van der Waals surface area contributed by atoms with E-state index in [2.05, 4.69) is 16.4 Å². The van der Waals surface area contributed by atoms with Crippen LogP contribution in [-0.4, -0.2) is 24.6 Å². The molecule has 0 aliphatic heterocycles. The predicted octanol–water partition coefficient (Wildman–Crippen LogP) is 4.20. The van der Waals surface area contributed by atoms with Crippen LogP contribution in [-0.2, 0) is 11.2 Å². The van der Waals surface area contributed by atoms with Crippen LogP contribution in [0.2, 0.25) is 0 Å². The number of nitrogens with zero attached hydrogens (tertiary/aromatic N) is 2. The largest absolute Gasteiger partial charge is 0.465 e. The zero-order valence-corrected chi connectivity index (χ0v) is 15.3. The molecule has 0 aliphatic rings. The highest BCUT2D eigenvalue weighted by Crippen LogP contribution is 2.25. The third kappa shape index (κ3) is 4.33. The van der Waals surface area contributed by atoms with Gasteiger partial charge in [0.15, 0.2) is 0 Å². The maximum Gasteiger partial charge on any atom is 0.341 e. The zero-order valence-electron chi connectivity index (χ0n) is 15.3. The number of carbonyl (C=O) groups is 1. The fourth-order valence-electron chi connectivity index (χ4n) is 2.84. The minimum atomic E-state index is -0.513. The predicted molar refractivity (Wildman–Crippen MR) is 104 cm³/mol. The SMILES string of the molecule is COC(=O)c1ccc(-c2ccccc2C#N)nc1NCCc1cccc(F)c1. The molecule has 0 bridgehead atoms. The molecule has 5 nitrogen and oxygen atoms in total. The highest BCUT2D eigenvalue weighted by molar-refractivity contribution is 5.95. The van der Waals surface area contributed by atoms with Gasteiger partial charge in [-0.15, -0.1) is 0 Å². The van der Waals surface area contributed by atoms with E-state index in [1.165, 1.54) is 19.2 Å². The van der Waals surface area contributed by atoms with Crippen LogP contribution in [0.5, 0.6) is 0 Å². The molecule has 3 rings (SSSR count). The number of aromatic nitrogens is 1. The Balaban J connectivity index is 1.88. The van der Waals surface area contributed by atoms with Crippen molar-refractivity contribution in [2.75, 3.05) is 19.0 Å². The maximum absolute atomic E-state index is 13.3. The lowest BCUT2D eigenvalue weighted by atomic mass is 10.0. The summed E-state index contributed by atoms with van der Waals surface area (Å²) in [4.78, 5) is 16.6. The van der Waals surface area contributed by atoms with Crippen molar-refractivity contribution < 1.29 is 13.9 Å². The number of methoxy groups -OCH3 is 1. The van der Waals surface area contributed by atoms with Crippen LogP contribution >= 0.6 is 0 Å². The molecular formula is C22H18FN3O2. The van der Waals surface area contributed by atoms with Gasteiger partial charge in [-0.3, -0.25) is 0 Å². The number of pyridine rings is 1. The van der Waals surface area contributed by atoms with E-state index in [-0.39, 0.29) is 5.82 Å². The number of carbonyl (C=O) groups excluding carboxylic acids is 1. The number of nitrogens with one attached hydrogen (secondary N) is 1. The summed E-state index contributed by atoms with van der Waals surface area (Å²) in [6, 6.07) is 18.9. The van der Waals surface area contributed by atoms with Gasteiger partial charge >= 0.3 is 5.97 Å². The van der Waals surface area contributed by atoms with Crippen LogP contribution in [0.15, 0.2) is 60.7 Å². The Morgan fingerprint density at radius 1 is 1.18 bits per heavy atom. The Hall–Kier alpha value is -3.72. The minimum absolute atomic E-state index is 0.291. The van der Waals surface area contributed by atoms with Gasteiger partial charge < -0.3 is 10.1 Å². The number of halogens is 1. The normalized spacial score (nSPS) is 10.2. The van der Waals surface area contributed by atoms with Gasteiger partial charge in [0.05, 0.1) is 24.4 Å². The smallest absolute Gasteiger partial charge is 0.341 e. The molecule has 28 heavy (non-hydrogen) atoms. The molecule has 0 atom stereocenters. The molecule has 0 spiro atoms. The van der Waals surface area contributed by atoms with Gasteiger partial charge in [-0.2, -0.15) is 5.26 Å². The summed E-state index contributed by atoms with van der Waals surface area (Å²) in [5.74, 6) is -0.449. The van der Waals surface area contributed by atoms with Gasteiger partial charge in [-0.1, -0.05) is 30.3 Å². The molecule has 6 heteroatoms. The Bertz CT molecular complexity index is 1040. The first-order valence-corrected chi connectivity index (χ1v) is 8.69. The second-order valence-electron chi connectivity index (χ2n) is 6.05. The quantitative estimate of drug-likeness (QED) is 0.654. The maximum atomic E-state index is 13.3. The van der Waals surface area contributed by atoms with E-state index in [1.54, 1.807) is 36.4 Å². The van der Waals surface area contributed by atoms with Crippen molar-refractivity contribution in [1.29, 1.82) is 5.26 Å². The van der Waals surface area contributed by atoms with E-state index in [0.29, 0.717) is 41.2 Å². The third-order valence-electron chi connectivity index (χ3n) is 4.22. The van der Waals surface area contributed by atoms with Crippen LogP contribution < -0.4 is 5.32 Å². The summed E-state index contributed by atoms with van der Waals surface area (Å²) in [6.45, 7) is 0.448. The molecule has 0 amide bonds. The summed E-state index contributed by atoms with van der Waals surface area (Å²) >= 11 is 0. The number of benzene rings is 2. The summed E-state index contributed by atoms with van der Waals surface area (Å²) in [7, 11) is 1.30. The zero-order chi connectivity index (χ0) is 19.9. The average molecular weight is 375 g/mol. The standard InChI is InChI=1S/C22H18FN3O2/c1-28-22(27)19-9-10-20(18-8-3-2-6-16(18)14-24)26-21(19)25-12-11-15-5-4-7-17(23)13-15/h2-10,13H,11-12H2,1H3,(H,25,26). The first-order valence-electron chi connectivity index (χ1n) is 8.69. The molecule has 2 aromatic carbocycles. The lowest BCUT2D eigenvalue weighted by Gasteiger charge is -2.12. The average Bonchev–Trinajstić information content (AvgIpc) is 2.73. The van der Waals surface area contributed by atoms with Gasteiger partial charge in [0.1, 0.15) is 17.2 Å². The molecule has 140 valence electrons. The molecule has 0 saturated carbocycles. The van der Waals surface area contributed by atoms with Crippen molar-refractivity contribution in [1.82, 2.24) is 4.98 Å². The van der Waals surface area contributed by atoms with E-state index in [9.17, 15) is 14.4 Å². The molecule has 3 aromatic rings. The van der Waals surface area contributed by atoms with Crippen LogP contribution in [0.25, 0.3) is 11.3 Å². The molecule has 0 radical (unpaired) electrons. The molecule has 1 heterocycles. The Morgan fingerprint density at radius 2 is 2.00 bits per heavy atom. The third-order valence-corrected chi connectivity index (χ3v) is 4.22. The lowest BCUT2D eigenvalue weighted by Crippen LogP contribution is -2.13. The highest BCUT2D eigenvalue weighted by atomic mass is 19.1.